The van der Waals surface area contributed by atoms with Crippen LogP contribution in [0.1, 0.15) is 45.7 Å². The Kier molecular flexibility index (Phi) is 2.53. The monoisotopic (exact) mass is 261 g/mol. The molecule has 0 aromatic carbocycles. The summed E-state index contributed by atoms with van der Waals surface area (Å²) in [4.78, 5) is 4.49. The summed E-state index contributed by atoms with van der Waals surface area (Å²) in [6.45, 7) is 6.56. The first-order chi connectivity index (χ1) is 8.87. The van der Waals surface area contributed by atoms with Gasteiger partial charge in [0.25, 0.3) is 0 Å². The lowest BCUT2D eigenvalue weighted by Crippen LogP contribution is -2.52. The van der Waals surface area contributed by atoms with Gasteiger partial charge in [-0.2, -0.15) is 0 Å². The maximum atomic E-state index is 11.6. The molecule has 0 aliphatic heterocycles. The first-order valence-electron chi connectivity index (χ1n) is 7.09. The molecule has 2 bridgehead atoms. The van der Waals surface area contributed by atoms with Crippen molar-refractivity contribution in [2.75, 3.05) is 7.11 Å². The number of hydrogen-bond donors (Lipinski definition) is 1. The Morgan fingerprint density at radius 3 is 2.68 bits per heavy atom. The van der Waals surface area contributed by atoms with Crippen LogP contribution in [0.15, 0.2) is 18.3 Å². The minimum Gasteiger partial charge on any atom is -0.495 e. The molecule has 0 radical (unpaired) electrons. The lowest BCUT2D eigenvalue weighted by Gasteiger charge is -2.50. The average Bonchev–Trinajstić information content (AvgIpc) is 2.86. The van der Waals surface area contributed by atoms with Gasteiger partial charge < -0.3 is 9.84 Å². The molecule has 0 amide bonds. The minimum atomic E-state index is -0.907. The summed E-state index contributed by atoms with van der Waals surface area (Å²) >= 11 is 0. The van der Waals surface area contributed by atoms with Crippen LogP contribution in [-0.4, -0.2) is 17.2 Å². The molecule has 19 heavy (non-hydrogen) atoms. The van der Waals surface area contributed by atoms with Crippen molar-refractivity contribution >= 4 is 0 Å². The van der Waals surface area contributed by atoms with Gasteiger partial charge in [-0.15, -0.1) is 0 Å². The second-order valence-electron chi connectivity index (χ2n) is 6.99. The van der Waals surface area contributed by atoms with Crippen LogP contribution in [0.5, 0.6) is 5.75 Å². The Hall–Kier alpha value is -1.09. The smallest absolute Gasteiger partial charge is 0.143 e. The van der Waals surface area contributed by atoms with Gasteiger partial charge in [-0.25, -0.2) is 0 Å². The van der Waals surface area contributed by atoms with Gasteiger partial charge >= 0.3 is 0 Å². The van der Waals surface area contributed by atoms with Crippen LogP contribution in [0, 0.1) is 16.7 Å². The summed E-state index contributed by atoms with van der Waals surface area (Å²) in [5.41, 5.74) is -0.452. The molecule has 3 atom stereocenters. The molecule has 1 heterocycles. The number of rotatable bonds is 2. The maximum absolute atomic E-state index is 11.6. The van der Waals surface area contributed by atoms with Gasteiger partial charge in [0.2, 0.25) is 0 Å². The van der Waals surface area contributed by atoms with Gasteiger partial charge in [-0.05, 0) is 37.3 Å². The first-order valence-corrected chi connectivity index (χ1v) is 7.09. The highest BCUT2D eigenvalue weighted by Crippen LogP contribution is 2.72. The van der Waals surface area contributed by atoms with Crippen LogP contribution < -0.4 is 4.74 Å². The number of pyridine rings is 1. The molecule has 2 saturated carbocycles. The summed E-state index contributed by atoms with van der Waals surface area (Å²) in [5.74, 6) is 1.26. The molecule has 0 spiro atoms. The predicted octanol–water partition coefficient (Wildman–Crippen LogP) is 3.12. The van der Waals surface area contributed by atoms with Crippen LogP contribution >= 0.6 is 0 Å². The van der Waals surface area contributed by atoms with Gasteiger partial charge in [0.1, 0.15) is 17.0 Å². The number of aromatic nitrogens is 1. The van der Waals surface area contributed by atoms with Crippen molar-refractivity contribution in [3.63, 3.8) is 0 Å². The lowest BCUT2D eigenvalue weighted by molar-refractivity contribution is -0.154. The van der Waals surface area contributed by atoms with Gasteiger partial charge in [0.15, 0.2) is 0 Å². The highest BCUT2D eigenvalue weighted by atomic mass is 16.5. The van der Waals surface area contributed by atoms with Gasteiger partial charge in [0, 0.05) is 17.0 Å². The second-order valence-corrected chi connectivity index (χ2v) is 6.99. The van der Waals surface area contributed by atoms with Crippen LogP contribution in [0.3, 0.4) is 0 Å². The molecule has 3 unspecified atom stereocenters. The Balaban J connectivity index is 2.22. The molecular weight excluding hydrogens is 238 g/mol. The summed E-state index contributed by atoms with van der Waals surface area (Å²) in [7, 11) is 1.65. The number of nitrogens with zero attached hydrogens (tertiary/aromatic N) is 1. The maximum Gasteiger partial charge on any atom is 0.143 e. The van der Waals surface area contributed by atoms with E-state index in [4.69, 9.17) is 4.74 Å². The number of fused-ring (bicyclic) bond motifs is 2. The van der Waals surface area contributed by atoms with Crippen molar-refractivity contribution in [1.29, 1.82) is 0 Å². The largest absolute Gasteiger partial charge is 0.495 e. The first kappa shape index (κ1) is 12.9. The van der Waals surface area contributed by atoms with E-state index in [1.807, 2.05) is 12.1 Å². The van der Waals surface area contributed by atoms with E-state index in [9.17, 15) is 5.11 Å². The molecule has 1 aromatic rings. The fourth-order valence-electron chi connectivity index (χ4n) is 4.68. The van der Waals surface area contributed by atoms with E-state index in [0.29, 0.717) is 17.4 Å². The number of ether oxygens (including phenoxy) is 1. The fraction of sp³-hybridized carbons (Fsp3) is 0.688. The normalized spacial score (nSPS) is 39.5. The van der Waals surface area contributed by atoms with Crippen molar-refractivity contribution in [1.82, 2.24) is 4.98 Å². The topological polar surface area (TPSA) is 42.4 Å². The molecule has 104 valence electrons. The molecule has 1 N–H and O–H groups in total. The van der Waals surface area contributed by atoms with E-state index in [1.165, 1.54) is 6.42 Å². The standard InChI is InChI=1S/C16H23NO2/c1-14(2)11-7-8-15(3,10-11)16(14,18)13-12(19-4)6-5-9-17-13/h5-6,9,11,18H,7-8,10H2,1-4H3. The summed E-state index contributed by atoms with van der Waals surface area (Å²) < 4.78 is 5.45. The zero-order valence-electron chi connectivity index (χ0n) is 12.2. The predicted molar refractivity (Wildman–Crippen MR) is 73.9 cm³/mol. The van der Waals surface area contributed by atoms with E-state index in [2.05, 4.69) is 25.8 Å². The SMILES string of the molecule is COc1cccnc1C1(O)C2(C)CCC(C2)C1(C)C. The van der Waals surface area contributed by atoms with Crippen LogP contribution in [0.2, 0.25) is 0 Å². The van der Waals surface area contributed by atoms with Crippen molar-refractivity contribution in [2.24, 2.45) is 16.7 Å². The molecule has 1 aromatic heterocycles. The Morgan fingerprint density at radius 1 is 1.37 bits per heavy atom. The number of aliphatic hydroxyl groups is 1. The van der Waals surface area contributed by atoms with Crippen LogP contribution in [-0.2, 0) is 5.60 Å². The zero-order valence-corrected chi connectivity index (χ0v) is 12.2. The van der Waals surface area contributed by atoms with Gasteiger partial charge in [-0.1, -0.05) is 20.8 Å². The lowest BCUT2D eigenvalue weighted by atomic mass is 9.59. The Labute approximate surface area is 115 Å². The summed E-state index contributed by atoms with van der Waals surface area (Å²) in [6, 6.07) is 3.75. The van der Waals surface area contributed by atoms with Gasteiger partial charge in [-0.3, -0.25) is 4.98 Å². The van der Waals surface area contributed by atoms with Gasteiger partial charge in [0.05, 0.1) is 7.11 Å². The molecule has 3 nitrogen and oxygen atoms in total. The van der Waals surface area contributed by atoms with E-state index in [1.54, 1.807) is 13.3 Å². The molecule has 2 aliphatic rings. The molecule has 2 fully saturated rings. The zero-order chi connectivity index (χ0) is 13.9. The van der Waals surface area contributed by atoms with E-state index in [-0.39, 0.29) is 10.8 Å². The highest BCUT2D eigenvalue weighted by Gasteiger charge is 2.70. The van der Waals surface area contributed by atoms with E-state index in [0.717, 1.165) is 12.8 Å². The molecular formula is C16H23NO2. The number of methoxy groups -OCH3 is 1. The second kappa shape index (κ2) is 3.72. The third-order valence-electron chi connectivity index (χ3n) is 5.90. The van der Waals surface area contributed by atoms with E-state index >= 15 is 0 Å². The molecule has 0 saturated heterocycles. The third-order valence-corrected chi connectivity index (χ3v) is 5.90. The highest BCUT2D eigenvalue weighted by molar-refractivity contribution is 5.38. The summed E-state index contributed by atoms with van der Waals surface area (Å²) in [6.07, 6.45) is 5.11. The van der Waals surface area contributed by atoms with Crippen molar-refractivity contribution in [2.45, 2.75) is 45.6 Å². The summed E-state index contributed by atoms with van der Waals surface area (Å²) in [5, 5.41) is 11.6. The average molecular weight is 261 g/mol. The fourth-order valence-corrected chi connectivity index (χ4v) is 4.68. The molecule has 3 rings (SSSR count). The Bertz CT molecular complexity index is 506. The minimum absolute atomic E-state index is 0.0944. The number of hydrogen-bond acceptors (Lipinski definition) is 3. The Morgan fingerprint density at radius 2 is 2.11 bits per heavy atom. The molecule has 2 aliphatic carbocycles. The quantitative estimate of drug-likeness (QED) is 0.889. The van der Waals surface area contributed by atoms with Crippen LogP contribution in [0.4, 0.5) is 0 Å². The van der Waals surface area contributed by atoms with Crippen LogP contribution in [0.25, 0.3) is 0 Å². The van der Waals surface area contributed by atoms with Crippen molar-refractivity contribution < 1.29 is 9.84 Å². The third kappa shape index (κ3) is 1.34. The van der Waals surface area contributed by atoms with Crippen molar-refractivity contribution in [3.05, 3.63) is 24.0 Å². The van der Waals surface area contributed by atoms with E-state index < -0.39 is 5.60 Å². The molecule has 3 heteroatoms. The van der Waals surface area contributed by atoms with Crippen molar-refractivity contribution in [3.8, 4) is 5.75 Å².